The Morgan fingerprint density at radius 1 is 0.850 bits per heavy atom. The van der Waals surface area contributed by atoms with E-state index in [1.165, 1.54) is 37.4 Å². The first-order valence-electron chi connectivity index (χ1n) is 11.4. The van der Waals surface area contributed by atoms with Gasteiger partial charge >= 0.3 is 0 Å². The molecular formula is C22H20N18. The summed E-state index contributed by atoms with van der Waals surface area (Å²) in [5, 5.41) is 42.9. The number of azo groups is 2. The molecule has 0 atom stereocenters. The Kier molecular flexibility index (Phi) is 6.26. The van der Waals surface area contributed by atoms with Gasteiger partial charge in [0.15, 0.2) is 46.3 Å². The molecule has 0 spiro atoms. The Labute approximate surface area is 225 Å². The summed E-state index contributed by atoms with van der Waals surface area (Å²) in [5.41, 5.74) is 14.8. The van der Waals surface area contributed by atoms with Gasteiger partial charge in [0.25, 0.3) is 5.69 Å². The summed E-state index contributed by atoms with van der Waals surface area (Å²) >= 11 is 0. The number of nitrogens with two attached hydrogens (primary N) is 2. The molecule has 0 aromatic carbocycles. The van der Waals surface area contributed by atoms with Crippen LogP contribution in [0, 0.1) is 31.8 Å². The molecule has 198 valence electrons. The maximum Gasteiger partial charge on any atom is 0.251 e. The van der Waals surface area contributed by atoms with Crippen molar-refractivity contribution < 1.29 is 0 Å². The average molecular weight is 537 g/mol. The van der Waals surface area contributed by atoms with E-state index >= 15 is 0 Å². The van der Waals surface area contributed by atoms with Gasteiger partial charge in [0.1, 0.15) is 18.0 Å². The van der Waals surface area contributed by atoms with E-state index in [1.807, 2.05) is 6.07 Å². The monoisotopic (exact) mass is 536 g/mol. The number of anilines is 2. The first-order valence-corrected chi connectivity index (χ1v) is 11.4. The zero-order chi connectivity index (χ0) is 28.6. The Bertz CT molecular complexity index is 1760. The van der Waals surface area contributed by atoms with Crippen LogP contribution in [0.2, 0.25) is 0 Å². The molecule has 5 aromatic heterocycles. The molecule has 0 aliphatic heterocycles. The molecule has 5 aromatic rings. The highest BCUT2D eigenvalue weighted by molar-refractivity contribution is 5.66. The second-order valence-electron chi connectivity index (χ2n) is 8.30. The molecule has 5 rings (SSSR count). The topological polar surface area (TPSA) is 227 Å². The molecule has 0 saturated carbocycles. The van der Waals surface area contributed by atoms with Crippen molar-refractivity contribution >= 4 is 40.3 Å². The van der Waals surface area contributed by atoms with Crippen LogP contribution in [-0.2, 0) is 14.1 Å². The lowest BCUT2D eigenvalue weighted by atomic mass is 10.4. The quantitative estimate of drug-likeness (QED) is 0.239. The fraction of sp³-hybridized carbons (Fsp3) is 0.182. The zero-order valence-corrected chi connectivity index (χ0v) is 21.6. The number of hydrogen-bond acceptors (Lipinski definition) is 13. The minimum Gasteiger partial charge on any atom is -0.382 e. The highest BCUT2D eigenvalue weighted by Gasteiger charge is 2.19. The van der Waals surface area contributed by atoms with Crippen molar-refractivity contribution in [1.29, 1.82) is 5.26 Å². The highest BCUT2D eigenvalue weighted by atomic mass is 15.4. The van der Waals surface area contributed by atoms with Crippen LogP contribution in [0.15, 0.2) is 45.2 Å². The van der Waals surface area contributed by atoms with E-state index < -0.39 is 0 Å². The number of hydrogen-bond donors (Lipinski definition) is 2. The second-order valence-corrected chi connectivity index (χ2v) is 8.30. The summed E-state index contributed by atoms with van der Waals surface area (Å²) in [4.78, 5) is 11.9. The van der Waals surface area contributed by atoms with Crippen LogP contribution in [0.1, 0.15) is 17.0 Å². The van der Waals surface area contributed by atoms with Crippen LogP contribution < -0.4 is 11.5 Å². The SMILES string of the molecule is [C-]#[N+]c1cnn(C)c1/N=N/c1c(C)nn(-c2cc(-n3nc(C)c(/N=N/c4c(C#N)cnn4C)c3N)ncn2)c1N. The molecule has 0 unspecified atom stereocenters. The van der Waals surface area contributed by atoms with Gasteiger partial charge in [0, 0.05) is 20.2 Å². The zero-order valence-electron chi connectivity index (χ0n) is 21.6. The van der Waals surface area contributed by atoms with Crippen molar-refractivity contribution in [2.45, 2.75) is 13.8 Å². The molecule has 0 amide bonds. The van der Waals surface area contributed by atoms with E-state index in [4.69, 9.17) is 18.0 Å². The third-order valence-electron chi connectivity index (χ3n) is 5.73. The van der Waals surface area contributed by atoms with Crippen molar-refractivity contribution in [1.82, 2.24) is 49.1 Å². The number of nitriles is 1. The van der Waals surface area contributed by atoms with Crippen molar-refractivity contribution in [3.8, 4) is 17.7 Å². The van der Waals surface area contributed by atoms with Crippen molar-refractivity contribution in [3.63, 3.8) is 0 Å². The van der Waals surface area contributed by atoms with Crippen molar-refractivity contribution in [2.75, 3.05) is 11.5 Å². The maximum absolute atomic E-state index is 9.25. The van der Waals surface area contributed by atoms with Gasteiger partial charge in [-0.05, 0) is 13.8 Å². The summed E-state index contributed by atoms with van der Waals surface area (Å²) in [5.74, 6) is 1.54. The first-order chi connectivity index (χ1) is 19.2. The minimum absolute atomic E-state index is 0.164. The molecule has 18 heteroatoms. The Balaban J connectivity index is 1.48. The van der Waals surface area contributed by atoms with E-state index in [-0.39, 0.29) is 34.5 Å². The number of nitrogens with zero attached hydrogens (tertiary/aromatic N) is 16. The second kappa shape index (κ2) is 9.87. The normalized spacial score (nSPS) is 11.4. The number of aromatic nitrogens is 10. The fourth-order valence-electron chi connectivity index (χ4n) is 3.68. The smallest absolute Gasteiger partial charge is 0.251 e. The predicted molar refractivity (Wildman–Crippen MR) is 140 cm³/mol. The van der Waals surface area contributed by atoms with E-state index in [9.17, 15) is 5.26 Å². The van der Waals surface area contributed by atoms with E-state index in [2.05, 4.69) is 55.7 Å². The summed E-state index contributed by atoms with van der Waals surface area (Å²) in [6.07, 6.45) is 4.11. The summed E-state index contributed by atoms with van der Waals surface area (Å²) in [6.45, 7) is 10.7. The third-order valence-corrected chi connectivity index (χ3v) is 5.73. The molecule has 0 saturated heterocycles. The molecule has 0 bridgehead atoms. The van der Waals surface area contributed by atoms with Gasteiger partial charge < -0.3 is 11.5 Å². The van der Waals surface area contributed by atoms with Crippen LogP contribution in [0.25, 0.3) is 16.5 Å². The van der Waals surface area contributed by atoms with E-state index in [0.717, 1.165) is 0 Å². The molecule has 0 radical (unpaired) electrons. The number of rotatable bonds is 6. The Morgan fingerprint density at radius 2 is 1.38 bits per heavy atom. The third kappa shape index (κ3) is 4.26. The fourth-order valence-corrected chi connectivity index (χ4v) is 3.68. The lowest BCUT2D eigenvalue weighted by molar-refractivity contribution is 0.764. The van der Waals surface area contributed by atoms with Crippen LogP contribution in [0.3, 0.4) is 0 Å². The van der Waals surface area contributed by atoms with Gasteiger partial charge in [0.2, 0.25) is 0 Å². The molecule has 0 aliphatic carbocycles. The van der Waals surface area contributed by atoms with Gasteiger partial charge in [-0.25, -0.2) is 19.5 Å². The van der Waals surface area contributed by atoms with Crippen LogP contribution in [-0.4, -0.2) is 49.1 Å². The van der Waals surface area contributed by atoms with Gasteiger partial charge in [-0.1, -0.05) is 0 Å². The Hall–Kier alpha value is -6.30. The van der Waals surface area contributed by atoms with Gasteiger partial charge in [0.05, 0.1) is 30.4 Å². The van der Waals surface area contributed by atoms with Crippen LogP contribution in [0.4, 0.5) is 40.3 Å². The van der Waals surface area contributed by atoms with Crippen LogP contribution in [0.5, 0.6) is 0 Å². The Morgan fingerprint density at radius 3 is 1.93 bits per heavy atom. The highest BCUT2D eigenvalue weighted by Crippen LogP contribution is 2.34. The van der Waals surface area contributed by atoms with Crippen molar-refractivity contribution in [3.05, 3.63) is 53.2 Å². The molecular weight excluding hydrogens is 516 g/mol. The summed E-state index contributed by atoms with van der Waals surface area (Å²) in [6, 6.07) is 3.60. The molecule has 40 heavy (non-hydrogen) atoms. The van der Waals surface area contributed by atoms with Gasteiger partial charge in [-0.2, -0.15) is 35.0 Å². The first kappa shape index (κ1) is 25.4. The average Bonchev–Trinajstić information content (AvgIpc) is 3.66. The lowest BCUT2D eigenvalue weighted by Gasteiger charge is -2.06. The largest absolute Gasteiger partial charge is 0.382 e. The van der Waals surface area contributed by atoms with E-state index in [0.29, 0.717) is 34.4 Å². The van der Waals surface area contributed by atoms with E-state index in [1.54, 1.807) is 34.0 Å². The standard InChI is InChI=1S/C22H20N18/c1-11-17(31-33-21-13(7-23)8-29-37(21)4)19(24)39(35-11)15-6-16(28-10-27-15)40-20(25)18(12(2)36-40)32-34-22-14(26-3)9-30-38(22)5/h6,8-10H,24-25H2,1-2,4-5H3/b33-31+,34-32+. The molecule has 4 N–H and O–H groups in total. The molecule has 5 heterocycles. The van der Waals surface area contributed by atoms with Gasteiger partial charge in [-0.15, -0.1) is 20.5 Å². The van der Waals surface area contributed by atoms with Crippen molar-refractivity contribution in [2.24, 2.45) is 34.6 Å². The number of aryl methyl sites for hydroxylation is 4. The lowest BCUT2D eigenvalue weighted by Crippen LogP contribution is -2.09. The molecule has 18 nitrogen and oxygen atoms in total. The minimum atomic E-state index is 0.164. The molecule has 0 aliphatic rings. The predicted octanol–water partition coefficient (Wildman–Crippen LogP) is 3.35. The summed E-state index contributed by atoms with van der Waals surface area (Å²) < 4.78 is 5.63. The number of nitrogen functional groups attached to an aromatic ring is 2. The summed E-state index contributed by atoms with van der Waals surface area (Å²) in [7, 11) is 3.30. The van der Waals surface area contributed by atoms with Crippen LogP contribution >= 0.6 is 0 Å². The molecule has 0 fully saturated rings. The maximum atomic E-state index is 9.25. The van der Waals surface area contributed by atoms with Gasteiger partial charge in [-0.3, -0.25) is 4.68 Å².